The van der Waals surface area contributed by atoms with Gasteiger partial charge in [-0.15, -0.1) is 0 Å². The number of pyridine rings is 1. The van der Waals surface area contributed by atoms with E-state index < -0.39 is 0 Å². The van der Waals surface area contributed by atoms with E-state index in [2.05, 4.69) is 45.7 Å². The fourth-order valence-electron chi connectivity index (χ4n) is 2.72. The van der Waals surface area contributed by atoms with Crippen molar-refractivity contribution in [2.75, 3.05) is 13.1 Å². The number of hydrogen-bond acceptors (Lipinski definition) is 2. The summed E-state index contributed by atoms with van der Waals surface area (Å²) in [5.74, 6) is 1.65. The Bertz CT molecular complexity index is 344. The first kappa shape index (κ1) is 12.1. The predicted octanol–water partition coefficient (Wildman–Crippen LogP) is 3.32. The molecule has 16 heavy (non-hydrogen) atoms. The lowest BCUT2D eigenvalue weighted by Crippen LogP contribution is -2.38. The van der Waals surface area contributed by atoms with E-state index in [1.54, 1.807) is 0 Å². The van der Waals surface area contributed by atoms with Gasteiger partial charge < -0.3 is 0 Å². The van der Waals surface area contributed by atoms with Gasteiger partial charge in [0.2, 0.25) is 0 Å². The van der Waals surface area contributed by atoms with Gasteiger partial charge in [-0.3, -0.25) is 9.88 Å². The van der Waals surface area contributed by atoms with Gasteiger partial charge in [-0.25, -0.2) is 0 Å². The van der Waals surface area contributed by atoms with Gasteiger partial charge in [0.25, 0.3) is 0 Å². The molecule has 0 aromatic carbocycles. The summed E-state index contributed by atoms with van der Waals surface area (Å²) < 4.78 is 1.07. The van der Waals surface area contributed by atoms with E-state index in [-0.39, 0.29) is 0 Å². The van der Waals surface area contributed by atoms with Crippen molar-refractivity contribution < 1.29 is 0 Å². The summed E-state index contributed by atoms with van der Waals surface area (Å²) in [7, 11) is 0. The Labute approximate surface area is 106 Å². The third-order valence-electron chi connectivity index (χ3n) is 3.11. The second-order valence-electron chi connectivity index (χ2n) is 5.15. The summed E-state index contributed by atoms with van der Waals surface area (Å²) in [6, 6.07) is 2.16. The highest BCUT2D eigenvalue weighted by atomic mass is 79.9. The molecule has 2 nitrogen and oxygen atoms in total. The fraction of sp³-hybridized carbons (Fsp3) is 0.615. The summed E-state index contributed by atoms with van der Waals surface area (Å²) >= 11 is 3.47. The lowest BCUT2D eigenvalue weighted by atomic mass is 9.92. The van der Waals surface area contributed by atoms with Crippen molar-refractivity contribution in [2.24, 2.45) is 11.8 Å². The number of likely N-dealkylation sites (tertiary alicyclic amines) is 1. The van der Waals surface area contributed by atoms with E-state index in [4.69, 9.17) is 0 Å². The van der Waals surface area contributed by atoms with Crippen LogP contribution in [0.15, 0.2) is 22.9 Å². The molecule has 2 heterocycles. The zero-order valence-electron chi connectivity index (χ0n) is 9.99. The number of hydrogen-bond donors (Lipinski definition) is 0. The van der Waals surface area contributed by atoms with Gasteiger partial charge in [-0.1, -0.05) is 13.8 Å². The van der Waals surface area contributed by atoms with Gasteiger partial charge in [0.15, 0.2) is 0 Å². The lowest BCUT2D eigenvalue weighted by Gasteiger charge is -2.34. The van der Waals surface area contributed by atoms with Crippen molar-refractivity contribution >= 4 is 15.9 Å². The number of nitrogens with zero attached hydrogens (tertiary/aromatic N) is 2. The molecule has 3 heteroatoms. The van der Waals surface area contributed by atoms with Crippen LogP contribution in [0, 0.1) is 11.8 Å². The van der Waals surface area contributed by atoms with Crippen LogP contribution in [-0.4, -0.2) is 23.0 Å². The quantitative estimate of drug-likeness (QED) is 0.827. The molecule has 0 saturated carbocycles. The van der Waals surface area contributed by atoms with E-state index >= 15 is 0 Å². The summed E-state index contributed by atoms with van der Waals surface area (Å²) in [5, 5.41) is 0. The van der Waals surface area contributed by atoms with Crippen LogP contribution in [0.1, 0.15) is 25.8 Å². The predicted molar refractivity (Wildman–Crippen MR) is 70.2 cm³/mol. The third kappa shape index (κ3) is 3.29. The van der Waals surface area contributed by atoms with Crippen LogP contribution >= 0.6 is 15.9 Å². The van der Waals surface area contributed by atoms with Gasteiger partial charge in [0.1, 0.15) is 0 Å². The highest BCUT2D eigenvalue weighted by molar-refractivity contribution is 9.10. The van der Waals surface area contributed by atoms with Crippen LogP contribution in [0.3, 0.4) is 0 Å². The first-order valence-corrected chi connectivity index (χ1v) is 6.74. The standard InChI is InChI=1S/C13H19BrN2/c1-10-3-11(2)8-16(7-10)9-12-4-13(14)6-15-5-12/h4-6,10-11H,3,7-9H2,1-2H3. The monoisotopic (exact) mass is 282 g/mol. The molecule has 0 aliphatic carbocycles. The molecule has 1 aliphatic heterocycles. The minimum atomic E-state index is 0.823. The van der Waals surface area contributed by atoms with Gasteiger partial charge in [-0.2, -0.15) is 0 Å². The van der Waals surface area contributed by atoms with E-state index in [9.17, 15) is 0 Å². The maximum Gasteiger partial charge on any atom is 0.0410 e. The molecular weight excluding hydrogens is 264 g/mol. The molecule has 1 aromatic rings. The van der Waals surface area contributed by atoms with Crippen molar-refractivity contribution in [3.8, 4) is 0 Å². The van der Waals surface area contributed by atoms with Crippen LogP contribution in [0.5, 0.6) is 0 Å². The first-order chi connectivity index (χ1) is 7.63. The maximum atomic E-state index is 4.21. The van der Waals surface area contributed by atoms with Crippen LogP contribution in [-0.2, 0) is 6.54 Å². The molecule has 88 valence electrons. The van der Waals surface area contributed by atoms with Gasteiger partial charge in [0, 0.05) is 36.5 Å². The zero-order valence-corrected chi connectivity index (χ0v) is 11.6. The Balaban J connectivity index is 1.98. The first-order valence-electron chi connectivity index (χ1n) is 5.95. The minimum Gasteiger partial charge on any atom is -0.298 e. The molecule has 1 aromatic heterocycles. The van der Waals surface area contributed by atoms with E-state index in [0.717, 1.165) is 22.9 Å². The molecule has 2 atom stereocenters. The van der Waals surface area contributed by atoms with Crippen molar-refractivity contribution in [3.05, 3.63) is 28.5 Å². The molecule has 1 fully saturated rings. The van der Waals surface area contributed by atoms with Crippen molar-refractivity contribution in [1.82, 2.24) is 9.88 Å². The molecule has 2 rings (SSSR count). The average Bonchev–Trinajstić information content (AvgIpc) is 2.15. The number of rotatable bonds is 2. The summed E-state index contributed by atoms with van der Waals surface area (Å²) in [6.07, 6.45) is 5.17. The Hall–Kier alpha value is -0.410. The van der Waals surface area contributed by atoms with Crippen molar-refractivity contribution in [1.29, 1.82) is 0 Å². The lowest BCUT2D eigenvalue weighted by molar-refractivity contribution is 0.134. The largest absolute Gasteiger partial charge is 0.298 e. The third-order valence-corrected chi connectivity index (χ3v) is 3.55. The number of aromatic nitrogens is 1. The van der Waals surface area contributed by atoms with E-state index in [1.807, 2.05) is 12.4 Å². The molecule has 0 N–H and O–H groups in total. The SMILES string of the molecule is CC1CC(C)CN(Cc2cncc(Br)c2)C1. The zero-order chi connectivity index (χ0) is 11.5. The Morgan fingerprint density at radius 1 is 1.31 bits per heavy atom. The summed E-state index contributed by atoms with van der Waals surface area (Å²) in [4.78, 5) is 6.76. The highest BCUT2D eigenvalue weighted by Gasteiger charge is 2.21. The normalized spacial score (nSPS) is 26.9. The van der Waals surface area contributed by atoms with Gasteiger partial charge in [0.05, 0.1) is 0 Å². The Morgan fingerprint density at radius 2 is 2.00 bits per heavy atom. The van der Waals surface area contributed by atoms with Gasteiger partial charge >= 0.3 is 0 Å². The molecular formula is C13H19BrN2. The fourth-order valence-corrected chi connectivity index (χ4v) is 3.13. The van der Waals surface area contributed by atoms with Crippen LogP contribution in [0.25, 0.3) is 0 Å². The second-order valence-corrected chi connectivity index (χ2v) is 6.07. The summed E-state index contributed by atoms with van der Waals surface area (Å²) in [5.41, 5.74) is 1.30. The second kappa shape index (κ2) is 5.28. The van der Waals surface area contributed by atoms with Crippen molar-refractivity contribution in [2.45, 2.75) is 26.8 Å². The van der Waals surface area contributed by atoms with E-state index in [0.29, 0.717) is 0 Å². The van der Waals surface area contributed by atoms with Crippen molar-refractivity contribution in [3.63, 3.8) is 0 Å². The molecule has 0 radical (unpaired) electrons. The minimum absolute atomic E-state index is 0.823. The number of halogens is 1. The van der Waals surface area contributed by atoms with Crippen LogP contribution in [0.4, 0.5) is 0 Å². The van der Waals surface area contributed by atoms with Crippen LogP contribution < -0.4 is 0 Å². The number of piperidine rings is 1. The topological polar surface area (TPSA) is 16.1 Å². The van der Waals surface area contributed by atoms with Crippen LogP contribution in [0.2, 0.25) is 0 Å². The Kier molecular flexibility index (Phi) is 3.98. The average molecular weight is 283 g/mol. The molecule has 0 bridgehead atoms. The molecule has 1 saturated heterocycles. The molecule has 1 aliphatic rings. The van der Waals surface area contributed by atoms with E-state index in [1.165, 1.54) is 25.1 Å². The smallest absolute Gasteiger partial charge is 0.0410 e. The Morgan fingerprint density at radius 3 is 2.62 bits per heavy atom. The highest BCUT2D eigenvalue weighted by Crippen LogP contribution is 2.22. The molecule has 2 unspecified atom stereocenters. The maximum absolute atomic E-state index is 4.21. The molecule has 0 spiro atoms. The van der Waals surface area contributed by atoms with Gasteiger partial charge in [-0.05, 0) is 45.8 Å². The summed E-state index contributed by atoms with van der Waals surface area (Å²) in [6.45, 7) is 8.17. The molecule has 0 amide bonds.